The number of carbonyl (C=O) groups excluding carboxylic acids is 1. The zero-order valence-corrected chi connectivity index (χ0v) is 12.7. The summed E-state index contributed by atoms with van der Waals surface area (Å²) in [6.07, 6.45) is 0. The van der Waals surface area contributed by atoms with Crippen LogP contribution in [0.25, 0.3) is 5.69 Å². The van der Waals surface area contributed by atoms with E-state index in [0.29, 0.717) is 6.54 Å². The molecular weight excluding hydrogens is 288 g/mol. The maximum Gasteiger partial charge on any atom is 0.327 e. The molecule has 0 aliphatic carbocycles. The predicted octanol–water partition coefficient (Wildman–Crippen LogP) is 3.73. The van der Waals surface area contributed by atoms with Crippen molar-refractivity contribution >= 4 is 17.5 Å². The molecule has 1 aliphatic heterocycles. The van der Waals surface area contributed by atoms with Crippen molar-refractivity contribution in [3.8, 4) is 5.69 Å². The van der Waals surface area contributed by atoms with Gasteiger partial charge >= 0.3 is 6.03 Å². The second-order valence-corrected chi connectivity index (χ2v) is 5.51. The Bertz CT molecular complexity index is 855. The molecule has 114 valence electrons. The number of benzene rings is 2. The minimum atomic E-state index is -0.138. The van der Waals surface area contributed by atoms with Gasteiger partial charge in [0, 0.05) is 11.3 Å². The normalized spacial score (nSPS) is 13.6. The first-order chi connectivity index (χ1) is 11.2. The number of amides is 2. The number of hydrogen-bond donors (Lipinski definition) is 1. The standard InChI is InChI=1S/C18H16N4O/c1-13-16-12-21(14-8-4-2-5-9-14)18(23)19-17(16)22(20-13)15-10-6-3-7-11-15/h2-11H,12H2,1H3,(H,19,23). The highest BCUT2D eigenvalue weighted by Gasteiger charge is 2.29. The molecule has 0 saturated heterocycles. The molecule has 0 saturated carbocycles. The van der Waals surface area contributed by atoms with Gasteiger partial charge < -0.3 is 0 Å². The van der Waals surface area contributed by atoms with Crippen LogP contribution in [0.15, 0.2) is 60.7 Å². The van der Waals surface area contributed by atoms with Crippen molar-refractivity contribution in [3.05, 3.63) is 71.9 Å². The first-order valence-corrected chi connectivity index (χ1v) is 7.51. The minimum Gasteiger partial charge on any atom is -0.291 e. The van der Waals surface area contributed by atoms with Crippen LogP contribution in [0.4, 0.5) is 16.3 Å². The highest BCUT2D eigenvalue weighted by atomic mass is 16.2. The lowest BCUT2D eigenvalue weighted by atomic mass is 10.1. The number of nitrogens with zero attached hydrogens (tertiary/aromatic N) is 3. The second-order valence-electron chi connectivity index (χ2n) is 5.51. The van der Waals surface area contributed by atoms with Crippen LogP contribution in [0.1, 0.15) is 11.3 Å². The quantitative estimate of drug-likeness (QED) is 0.784. The molecule has 3 aromatic rings. The van der Waals surface area contributed by atoms with Crippen molar-refractivity contribution in [2.24, 2.45) is 0 Å². The lowest BCUT2D eigenvalue weighted by Gasteiger charge is -2.28. The van der Waals surface area contributed by atoms with Gasteiger partial charge in [-0.2, -0.15) is 5.10 Å². The summed E-state index contributed by atoms with van der Waals surface area (Å²) in [7, 11) is 0. The average Bonchev–Trinajstić information content (AvgIpc) is 2.92. The third-order valence-corrected chi connectivity index (χ3v) is 4.04. The second kappa shape index (κ2) is 5.28. The molecule has 5 nitrogen and oxygen atoms in total. The monoisotopic (exact) mass is 304 g/mol. The van der Waals surface area contributed by atoms with Crippen molar-refractivity contribution in [1.29, 1.82) is 0 Å². The Hall–Kier alpha value is -3.08. The Balaban J connectivity index is 1.77. The Morgan fingerprint density at radius 3 is 2.22 bits per heavy atom. The van der Waals surface area contributed by atoms with Crippen LogP contribution in [0.2, 0.25) is 0 Å². The lowest BCUT2D eigenvalue weighted by Crippen LogP contribution is -2.39. The van der Waals surface area contributed by atoms with Crippen LogP contribution in [-0.2, 0) is 6.54 Å². The molecule has 2 heterocycles. The van der Waals surface area contributed by atoms with Gasteiger partial charge in [0.2, 0.25) is 0 Å². The van der Waals surface area contributed by atoms with E-state index in [1.54, 1.807) is 9.58 Å². The van der Waals surface area contributed by atoms with Crippen molar-refractivity contribution in [2.75, 3.05) is 10.2 Å². The zero-order valence-electron chi connectivity index (χ0n) is 12.7. The van der Waals surface area contributed by atoms with Gasteiger partial charge in [-0.15, -0.1) is 0 Å². The first kappa shape index (κ1) is 13.6. The summed E-state index contributed by atoms with van der Waals surface area (Å²) in [5.41, 5.74) is 3.77. The summed E-state index contributed by atoms with van der Waals surface area (Å²) < 4.78 is 1.80. The molecule has 1 aliphatic rings. The Morgan fingerprint density at radius 2 is 1.57 bits per heavy atom. The summed E-state index contributed by atoms with van der Waals surface area (Å²) in [5.74, 6) is 0.755. The fraction of sp³-hybridized carbons (Fsp3) is 0.111. The minimum absolute atomic E-state index is 0.138. The van der Waals surface area contributed by atoms with Crippen molar-refractivity contribution < 1.29 is 4.79 Å². The highest BCUT2D eigenvalue weighted by molar-refractivity contribution is 6.04. The molecule has 1 N–H and O–H groups in total. The van der Waals surface area contributed by atoms with E-state index in [2.05, 4.69) is 10.4 Å². The predicted molar refractivity (Wildman–Crippen MR) is 89.9 cm³/mol. The van der Waals surface area contributed by atoms with E-state index in [4.69, 9.17) is 0 Å². The van der Waals surface area contributed by atoms with Gasteiger partial charge in [-0.1, -0.05) is 36.4 Å². The van der Waals surface area contributed by atoms with Gasteiger partial charge in [-0.05, 0) is 31.2 Å². The summed E-state index contributed by atoms with van der Waals surface area (Å²) in [4.78, 5) is 14.3. The van der Waals surface area contributed by atoms with Gasteiger partial charge in [0.05, 0.1) is 17.9 Å². The molecular formula is C18H16N4O. The number of hydrogen-bond acceptors (Lipinski definition) is 2. The first-order valence-electron chi connectivity index (χ1n) is 7.51. The van der Waals surface area contributed by atoms with Gasteiger partial charge in [0.1, 0.15) is 5.82 Å². The highest BCUT2D eigenvalue weighted by Crippen LogP contribution is 2.31. The summed E-state index contributed by atoms with van der Waals surface area (Å²) >= 11 is 0. The molecule has 0 bridgehead atoms. The molecule has 0 atom stereocenters. The molecule has 0 radical (unpaired) electrons. The number of rotatable bonds is 2. The number of aryl methyl sites for hydroxylation is 1. The van der Waals surface area contributed by atoms with Crippen LogP contribution >= 0.6 is 0 Å². The maximum atomic E-state index is 12.5. The number of nitrogens with one attached hydrogen (secondary N) is 1. The van der Waals surface area contributed by atoms with Gasteiger partial charge in [-0.25, -0.2) is 9.48 Å². The molecule has 0 fully saturated rings. The molecule has 23 heavy (non-hydrogen) atoms. The van der Waals surface area contributed by atoms with Gasteiger partial charge in [0.15, 0.2) is 0 Å². The van der Waals surface area contributed by atoms with Crippen LogP contribution < -0.4 is 10.2 Å². The van der Waals surface area contributed by atoms with E-state index in [1.807, 2.05) is 67.6 Å². The van der Waals surface area contributed by atoms with Crippen molar-refractivity contribution in [3.63, 3.8) is 0 Å². The van der Waals surface area contributed by atoms with Gasteiger partial charge in [0.25, 0.3) is 0 Å². The Labute approximate surface area is 134 Å². The van der Waals surface area contributed by atoms with Crippen molar-refractivity contribution in [2.45, 2.75) is 13.5 Å². The summed E-state index contributed by atoms with van der Waals surface area (Å²) in [5, 5.41) is 7.58. The topological polar surface area (TPSA) is 50.2 Å². The summed E-state index contributed by atoms with van der Waals surface area (Å²) in [6.45, 7) is 2.49. The number of fused-ring (bicyclic) bond motifs is 1. The van der Waals surface area contributed by atoms with E-state index in [0.717, 1.165) is 28.5 Å². The molecule has 0 spiro atoms. The fourth-order valence-electron chi connectivity index (χ4n) is 2.85. The Kier molecular flexibility index (Phi) is 3.12. The number of para-hydroxylation sites is 2. The van der Waals surface area contributed by atoms with Crippen LogP contribution in [-0.4, -0.2) is 15.8 Å². The summed E-state index contributed by atoms with van der Waals surface area (Å²) in [6, 6.07) is 19.3. The molecule has 2 amide bonds. The van der Waals surface area contributed by atoms with Crippen LogP contribution in [0.5, 0.6) is 0 Å². The lowest BCUT2D eigenvalue weighted by molar-refractivity contribution is 0.256. The van der Waals surface area contributed by atoms with E-state index in [9.17, 15) is 4.79 Å². The molecule has 5 heteroatoms. The molecule has 4 rings (SSSR count). The third kappa shape index (κ3) is 2.26. The molecule has 1 aromatic heterocycles. The number of anilines is 2. The number of urea groups is 1. The van der Waals surface area contributed by atoms with Crippen LogP contribution in [0.3, 0.4) is 0 Å². The van der Waals surface area contributed by atoms with E-state index in [1.165, 1.54) is 0 Å². The largest absolute Gasteiger partial charge is 0.327 e. The van der Waals surface area contributed by atoms with Crippen LogP contribution in [0, 0.1) is 6.92 Å². The van der Waals surface area contributed by atoms with Gasteiger partial charge in [-0.3, -0.25) is 10.2 Å². The van der Waals surface area contributed by atoms with E-state index >= 15 is 0 Å². The Morgan fingerprint density at radius 1 is 0.957 bits per heavy atom. The fourth-order valence-corrected chi connectivity index (χ4v) is 2.85. The number of carbonyl (C=O) groups is 1. The molecule has 0 unspecified atom stereocenters. The zero-order chi connectivity index (χ0) is 15.8. The number of aromatic nitrogens is 2. The van der Waals surface area contributed by atoms with E-state index in [-0.39, 0.29) is 6.03 Å². The molecule has 2 aromatic carbocycles. The maximum absolute atomic E-state index is 12.5. The average molecular weight is 304 g/mol. The smallest absolute Gasteiger partial charge is 0.291 e. The SMILES string of the molecule is Cc1nn(-c2ccccc2)c2c1CN(c1ccccc1)C(=O)N2. The van der Waals surface area contributed by atoms with Crippen molar-refractivity contribution in [1.82, 2.24) is 9.78 Å². The van der Waals surface area contributed by atoms with E-state index < -0.39 is 0 Å². The third-order valence-electron chi connectivity index (χ3n) is 4.04.